The Hall–Kier alpha value is -2.29. The van der Waals surface area contributed by atoms with Crippen molar-refractivity contribution in [2.24, 2.45) is 0 Å². The molecule has 31 heavy (non-hydrogen) atoms. The largest absolute Gasteiger partial charge is 0.476 e. The van der Waals surface area contributed by atoms with Crippen molar-refractivity contribution in [3.8, 4) is 5.75 Å². The molecule has 9 heteroatoms. The predicted molar refractivity (Wildman–Crippen MR) is 121 cm³/mol. The first kappa shape index (κ1) is 21.9. The molecular formula is C22H26ClN3O4S. The SMILES string of the molecule is CS(=O)(=O)N1C[C@H](C(=O)NCc2ccccc2CN2CCCC2)Oc2ccc(Cl)cc21. The van der Waals surface area contributed by atoms with E-state index >= 15 is 0 Å². The van der Waals surface area contributed by atoms with E-state index in [0.717, 1.165) is 31.5 Å². The minimum absolute atomic E-state index is 0.104. The quantitative estimate of drug-likeness (QED) is 0.712. The van der Waals surface area contributed by atoms with Gasteiger partial charge in [-0.25, -0.2) is 8.42 Å². The summed E-state index contributed by atoms with van der Waals surface area (Å²) in [5, 5.41) is 3.31. The Balaban J connectivity index is 1.46. The van der Waals surface area contributed by atoms with Crippen molar-refractivity contribution in [3.63, 3.8) is 0 Å². The van der Waals surface area contributed by atoms with Gasteiger partial charge in [-0.15, -0.1) is 0 Å². The Morgan fingerprint density at radius 3 is 2.58 bits per heavy atom. The second-order valence-corrected chi connectivity index (χ2v) is 10.3. The highest BCUT2D eigenvalue weighted by molar-refractivity contribution is 7.92. The lowest BCUT2D eigenvalue weighted by molar-refractivity contribution is -0.127. The van der Waals surface area contributed by atoms with E-state index in [9.17, 15) is 13.2 Å². The number of likely N-dealkylation sites (tertiary alicyclic amines) is 1. The number of carbonyl (C=O) groups is 1. The Morgan fingerprint density at radius 2 is 1.87 bits per heavy atom. The summed E-state index contributed by atoms with van der Waals surface area (Å²) in [7, 11) is -3.60. The molecule has 2 heterocycles. The first-order chi connectivity index (χ1) is 14.8. The number of carbonyl (C=O) groups excluding carboxylic acids is 1. The zero-order chi connectivity index (χ0) is 22.0. The van der Waals surface area contributed by atoms with Crippen molar-refractivity contribution in [1.82, 2.24) is 10.2 Å². The van der Waals surface area contributed by atoms with Crippen LogP contribution in [0.25, 0.3) is 0 Å². The third kappa shape index (κ3) is 5.14. The van der Waals surface area contributed by atoms with Crippen LogP contribution in [-0.4, -0.2) is 51.2 Å². The number of sulfonamides is 1. The van der Waals surface area contributed by atoms with Crippen molar-refractivity contribution in [1.29, 1.82) is 0 Å². The lowest BCUT2D eigenvalue weighted by atomic mass is 10.1. The number of fused-ring (bicyclic) bond motifs is 1. The Bertz CT molecular complexity index is 1070. The second-order valence-electron chi connectivity index (χ2n) is 7.98. The molecule has 1 saturated heterocycles. The van der Waals surface area contributed by atoms with E-state index in [1.807, 2.05) is 18.2 Å². The molecule has 0 bridgehead atoms. The van der Waals surface area contributed by atoms with Gasteiger partial charge in [-0.2, -0.15) is 0 Å². The lowest BCUT2D eigenvalue weighted by Crippen LogP contribution is -2.50. The molecule has 1 amide bonds. The predicted octanol–water partition coefficient (Wildman–Crippen LogP) is 2.78. The third-order valence-electron chi connectivity index (χ3n) is 5.65. The monoisotopic (exact) mass is 463 g/mol. The fourth-order valence-corrected chi connectivity index (χ4v) is 5.11. The summed E-state index contributed by atoms with van der Waals surface area (Å²) in [6.07, 6.45) is 2.60. The number of rotatable bonds is 6. The van der Waals surface area contributed by atoms with Crippen molar-refractivity contribution in [2.45, 2.75) is 32.0 Å². The van der Waals surface area contributed by atoms with Crippen molar-refractivity contribution in [3.05, 3.63) is 58.6 Å². The molecule has 1 N–H and O–H groups in total. The molecule has 166 valence electrons. The summed E-state index contributed by atoms with van der Waals surface area (Å²) in [5.41, 5.74) is 2.58. The van der Waals surface area contributed by atoms with Crippen LogP contribution in [0, 0.1) is 0 Å². The Labute approximate surface area is 188 Å². The molecule has 7 nitrogen and oxygen atoms in total. The minimum atomic E-state index is -3.60. The van der Waals surface area contributed by atoms with E-state index in [2.05, 4.69) is 16.3 Å². The molecule has 1 fully saturated rings. The fourth-order valence-electron chi connectivity index (χ4n) is 4.04. The number of benzene rings is 2. The molecule has 0 aromatic heterocycles. The van der Waals surface area contributed by atoms with E-state index in [4.69, 9.17) is 16.3 Å². The third-order valence-corrected chi connectivity index (χ3v) is 7.03. The van der Waals surface area contributed by atoms with Crippen LogP contribution in [0.1, 0.15) is 24.0 Å². The van der Waals surface area contributed by atoms with Crippen LogP contribution in [0.5, 0.6) is 5.75 Å². The number of anilines is 1. The summed E-state index contributed by atoms with van der Waals surface area (Å²) < 4.78 is 31.6. The van der Waals surface area contributed by atoms with Gasteiger partial charge < -0.3 is 10.1 Å². The normalized spacial score (nSPS) is 19.0. The van der Waals surface area contributed by atoms with Gasteiger partial charge in [0, 0.05) is 18.1 Å². The number of hydrogen-bond acceptors (Lipinski definition) is 5. The van der Waals surface area contributed by atoms with E-state index < -0.39 is 16.1 Å². The van der Waals surface area contributed by atoms with E-state index in [-0.39, 0.29) is 12.5 Å². The maximum Gasteiger partial charge on any atom is 0.263 e. The van der Waals surface area contributed by atoms with Gasteiger partial charge in [-0.3, -0.25) is 14.0 Å². The fraction of sp³-hybridized carbons (Fsp3) is 0.409. The average Bonchev–Trinajstić information content (AvgIpc) is 3.24. The first-order valence-corrected chi connectivity index (χ1v) is 12.5. The molecule has 2 aliphatic rings. The van der Waals surface area contributed by atoms with Gasteiger partial charge in [-0.1, -0.05) is 35.9 Å². The summed E-state index contributed by atoms with van der Waals surface area (Å²) in [5.74, 6) is -0.0408. The molecule has 0 radical (unpaired) electrons. The Kier molecular flexibility index (Phi) is 6.41. The summed E-state index contributed by atoms with van der Waals surface area (Å²) >= 11 is 6.02. The molecule has 0 aliphatic carbocycles. The zero-order valence-corrected chi connectivity index (χ0v) is 19.0. The maximum atomic E-state index is 12.9. The van der Waals surface area contributed by atoms with Gasteiger partial charge >= 0.3 is 0 Å². The molecule has 1 atom stereocenters. The Morgan fingerprint density at radius 1 is 1.16 bits per heavy atom. The number of nitrogens with one attached hydrogen (secondary N) is 1. The van der Waals surface area contributed by atoms with Crippen LogP contribution in [0.2, 0.25) is 5.02 Å². The maximum absolute atomic E-state index is 12.9. The van der Waals surface area contributed by atoms with Crippen molar-refractivity contribution < 1.29 is 17.9 Å². The molecule has 4 rings (SSSR count). The van der Waals surface area contributed by atoms with Crippen LogP contribution in [0.3, 0.4) is 0 Å². The number of halogens is 1. The molecule has 2 aromatic rings. The van der Waals surface area contributed by atoms with Gasteiger partial charge in [0.2, 0.25) is 10.0 Å². The zero-order valence-electron chi connectivity index (χ0n) is 17.4. The summed E-state index contributed by atoms with van der Waals surface area (Å²) in [4.78, 5) is 15.3. The lowest BCUT2D eigenvalue weighted by Gasteiger charge is -2.34. The molecule has 0 saturated carbocycles. The second kappa shape index (κ2) is 9.06. The smallest absolute Gasteiger partial charge is 0.263 e. The van der Waals surface area contributed by atoms with E-state index in [1.165, 1.54) is 28.8 Å². The first-order valence-electron chi connectivity index (χ1n) is 10.3. The number of nitrogens with zero attached hydrogens (tertiary/aromatic N) is 2. The molecule has 0 spiro atoms. The molecule has 2 aromatic carbocycles. The number of hydrogen-bond donors (Lipinski definition) is 1. The van der Waals surface area contributed by atoms with Crippen LogP contribution < -0.4 is 14.4 Å². The highest BCUT2D eigenvalue weighted by Crippen LogP contribution is 2.37. The highest BCUT2D eigenvalue weighted by Gasteiger charge is 2.35. The summed E-state index contributed by atoms with van der Waals surface area (Å²) in [6, 6.07) is 12.8. The van der Waals surface area contributed by atoms with Crippen LogP contribution in [0.15, 0.2) is 42.5 Å². The molecule has 0 unspecified atom stereocenters. The van der Waals surface area contributed by atoms with E-state index in [1.54, 1.807) is 12.1 Å². The summed E-state index contributed by atoms with van der Waals surface area (Å²) in [6.45, 7) is 3.31. The van der Waals surface area contributed by atoms with Gasteiger partial charge in [0.15, 0.2) is 6.10 Å². The molecular weight excluding hydrogens is 438 g/mol. The standard InChI is InChI=1S/C22H26ClN3O4S/c1-31(28,29)26-15-21(30-20-9-8-18(23)12-19(20)26)22(27)24-13-16-6-2-3-7-17(16)14-25-10-4-5-11-25/h2-3,6-9,12,21H,4-5,10-11,13-15H2,1H3,(H,24,27)/t21-/m1/s1. The topological polar surface area (TPSA) is 79.0 Å². The molecule has 2 aliphatic heterocycles. The van der Waals surface area contributed by atoms with Crippen LogP contribution >= 0.6 is 11.6 Å². The minimum Gasteiger partial charge on any atom is -0.476 e. The van der Waals surface area contributed by atoms with Crippen LogP contribution in [-0.2, 0) is 27.9 Å². The van der Waals surface area contributed by atoms with Crippen molar-refractivity contribution >= 4 is 33.2 Å². The van der Waals surface area contributed by atoms with Gasteiger partial charge in [0.1, 0.15) is 5.75 Å². The van der Waals surface area contributed by atoms with Crippen molar-refractivity contribution in [2.75, 3.05) is 30.2 Å². The van der Waals surface area contributed by atoms with Crippen LogP contribution in [0.4, 0.5) is 5.69 Å². The average molecular weight is 464 g/mol. The van der Waals surface area contributed by atoms with Gasteiger partial charge in [0.25, 0.3) is 5.91 Å². The van der Waals surface area contributed by atoms with Gasteiger partial charge in [0.05, 0.1) is 18.5 Å². The van der Waals surface area contributed by atoms with Gasteiger partial charge in [-0.05, 0) is 55.3 Å². The van der Waals surface area contributed by atoms with E-state index in [0.29, 0.717) is 23.0 Å². The highest BCUT2D eigenvalue weighted by atomic mass is 35.5. The number of amides is 1. The number of ether oxygens (including phenoxy) is 1.